The van der Waals surface area contributed by atoms with Crippen molar-refractivity contribution in [3.63, 3.8) is 0 Å². The van der Waals surface area contributed by atoms with Crippen LogP contribution >= 0.6 is 22.9 Å². The molecule has 1 amide bonds. The third-order valence-electron chi connectivity index (χ3n) is 2.97. The molecule has 0 fully saturated rings. The van der Waals surface area contributed by atoms with E-state index in [4.69, 9.17) is 11.6 Å². The van der Waals surface area contributed by atoms with Crippen LogP contribution in [0.5, 0.6) is 0 Å². The summed E-state index contributed by atoms with van der Waals surface area (Å²) in [6.07, 6.45) is 1.62. The summed E-state index contributed by atoms with van der Waals surface area (Å²) in [7, 11) is 0. The van der Waals surface area contributed by atoms with E-state index in [-0.39, 0.29) is 0 Å². The van der Waals surface area contributed by atoms with Crippen molar-refractivity contribution in [2.75, 3.05) is 4.90 Å². The first-order chi connectivity index (χ1) is 9.06. The van der Waals surface area contributed by atoms with Crippen molar-refractivity contribution >= 4 is 40.3 Å². The molecule has 2 aromatic rings. The van der Waals surface area contributed by atoms with Crippen LogP contribution in [0.3, 0.4) is 0 Å². The van der Waals surface area contributed by atoms with Gasteiger partial charge in [-0.25, -0.2) is 4.98 Å². The van der Waals surface area contributed by atoms with Gasteiger partial charge in [-0.3, -0.25) is 14.5 Å². The molecular weight excluding hydrogens is 284 g/mol. The molecule has 0 N–H and O–H groups in total. The van der Waals surface area contributed by atoms with Gasteiger partial charge in [0.2, 0.25) is 0 Å². The van der Waals surface area contributed by atoms with Crippen molar-refractivity contribution in [1.29, 1.82) is 0 Å². The Labute approximate surface area is 118 Å². The minimum Gasteiger partial charge on any atom is -0.299 e. The van der Waals surface area contributed by atoms with Gasteiger partial charge in [0.25, 0.3) is 11.7 Å². The van der Waals surface area contributed by atoms with Crippen molar-refractivity contribution in [1.82, 2.24) is 4.98 Å². The fourth-order valence-electron chi connectivity index (χ4n) is 2.08. The quantitative estimate of drug-likeness (QED) is 0.800. The van der Waals surface area contributed by atoms with Gasteiger partial charge >= 0.3 is 0 Å². The number of ketones is 1. The number of anilines is 1. The van der Waals surface area contributed by atoms with Crippen molar-refractivity contribution in [3.8, 4) is 0 Å². The zero-order valence-corrected chi connectivity index (χ0v) is 11.6. The lowest BCUT2D eigenvalue weighted by Crippen LogP contribution is -2.28. The van der Waals surface area contributed by atoms with Crippen molar-refractivity contribution < 1.29 is 9.59 Å². The number of carbonyl (C=O) groups is 2. The van der Waals surface area contributed by atoms with Crippen LogP contribution in [0.4, 0.5) is 5.69 Å². The van der Waals surface area contributed by atoms with Crippen molar-refractivity contribution in [2.45, 2.75) is 13.5 Å². The van der Waals surface area contributed by atoms with Gasteiger partial charge < -0.3 is 0 Å². The maximum atomic E-state index is 12.0. The molecule has 0 atom stereocenters. The number of benzene rings is 1. The van der Waals surface area contributed by atoms with Crippen LogP contribution in [0.1, 0.15) is 20.8 Å². The van der Waals surface area contributed by atoms with Crippen LogP contribution in [0, 0.1) is 6.92 Å². The van der Waals surface area contributed by atoms with E-state index in [0.29, 0.717) is 22.3 Å². The fraction of sp³-hybridized carbons (Fsp3) is 0.154. The molecule has 4 nitrogen and oxygen atoms in total. The van der Waals surface area contributed by atoms with E-state index in [2.05, 4.69) is 4.98 Å². The van der Waals surface area contributed by atoms with Gasteiger partial charge in [-0.05, 0) is 19.1 Å². The number of Topliss-reactive ketones (excluding diaryl/α,β-unsaturated/α-hetero) is 1. The van der Waals surface area contributed by atoms with Crippen molar-refractivity contribution in [2.24, 2.45) is 0 Å². The van der Waals surface area contributed by atoms with E-state index in [1.807, 2.05) is 13.0 Å². The Kier molecular flexibility index (Phi) is 2.88. The number of aryl methyl sites for hydroxylation is 1. The van der Waals surface area contributed by atoms with Gasteiger partial charge in [0.1, 0.15) is 0 Å². The first-order valence-electron chi connectivity index (χ1n) is 5.63. The van der Waals surface area contributed by atoms with Gasteiger partial charge in [-0.2, -0.15) is 0 Å². The maximum absolute atomic E-state index is 12.0. The summed E-state index contributed by atoms with van der Waals surface area (Å²) in [5.41, 5.74) is 2.09. The lowest BCUT2D eigenvalue weighted by molar-refractivity contribution is -0.114. The van der Waals surface area contributed by atoms with Gasteiger partial charge in [-0.15, -0.1) is 11.3 Å². The standard InChI is InChI=1S/C13H9ClN2O2S/c1-7-2-3-10-9(4-7)11(17)12(18)16(10)6-8-5-15-13(14)19-8/h2-5H,6H2,1H3. The number of aromatic nitrogens is 1. The first kappa shape index (κ1) is 12.3. The molecule has 0 saturated carbocycles. The zero-order valence-electron chi connectivity index (χ0n) is 10.0. The summed E-state index contributed by atoms with van der Waals surface area (Å²) < 4.78 is 0.428. The van der Waals surface area contributed by atoms with E-state index in [1.165, 1.54) is 16.2 Å². The predicted molar refractivity (Wildman–Crippen MR) is 73.8 cm³/mol. The second-order valence-electron chi connectivity index (χ2n) is 4.32. The number of rotatable bonds is 2. The number of hydrogen-bond acceptors (Lipinski definition) is 4. The molecule has 1 aromatic carbocycles. The maximum Gasteiger partial charge on any atom is 0.299 e. The summed E-state index contributed by atoms with van der Waals surface area (Å²) >= 11 is 7.07. The summed E-state index contributed by atoms with van der Waals surface area (Å²) in [5, 5.41) is 0. The average Bonchev–Trinajstić information content (AvgIpc) is 2.88. The highest BCUT2D eigenvalue weighted by Crippen LogP contribution is 2.32. The SMILES string of the molecule is Cc1ccc2c(c1)C(=O)C(=O)N2Cc1cnc(Cl)s1. The molecule has 1 aromatic heterocycles. The molecule has 0 bridgehead atoms. The Morgan fingerprint density at radius 3 is 2.84 bits per heavy atom. The summed E-state index contributed by atoms with van der Waals surface area (Å²) in [6, 6.07) is 5.43. The highest BCUT2D eigenvalue weighted by atomic mass is 35.5. The third kappa shape index (κ3) is 2.05. The third-order valence-corrected chi connectivity index (χ3v) is 4.07. The molecule has 96 valence electrons. The molecule has 1 aliphatic rings. The number of amides is 1. The Balaban J connectivity index is 1.99. The monoisotopic (exact) mass is 292 g/mol. The highest BCUT2D eigenvalue weighted by molar-refractivity contribution is 7.15. The molecule has 0 unspecified atom stereocenters. The lowest BCUT2D eigenvalue weighted by atomic mass is 10.1. The van der Waals surface area contributed by atoms with Crippen LogP contribution in [-0.4, -0.2) is 16.7 Å². The van der Waals surface area contributed by atoms with E-state index in [9.17, 15) is 9.59 Å². The summed E-state index contributed by atoms with van der Waals surface area (Å²) in [5.74, 6) is -0.945. The number of halogens is 1. The molecule has 6 heteroatoms. The lowest BCUT2D eigenvalue weighted by Gasteiger charge is -2.14. The van der Waals surface area contributed by atoms with E-state index >= 15 is 0 Å². The van der Waals surface area contributed by atoms with E-state index < -0.39 is 11.7 Å². The zero-order chi connectivity index (χ0) is 13.6. The van der Waals surface area contributed by atoms with Crippen LogP contribution in [-0.2, 0) is 11.3 Å². The van der Waals surface area contributed by atoms with Gasteiger partial charge in [0.15, 0.2) is 4.47 Å². The van der Waals surface area contributed by atoms with Gasteiger partial charge in [-0.1, -0.05) is 23.2 Å². The van der Waals surface area contributed by atoms with Crippen LogP contribution in [0.15, 0.2) is 24.4 Å². The first-order valence-corrected chi connectivity index (χ1v) is 6.83. The predicted octanol–water partition coefficient (Wildman–Crippen LogP) is 2.83. The second-order valence-corrected chi connectivity index (χ2v) is 6.02. The summed E-state index contributed by atoms with van der Waals surface area (Å²) in [6.45, 7) is 2.22. The number of hydrogen-bond donors (Lipinski definition) is 0. The number of fused-ring (bicyclic) bond motifs is 1. The van der Waals surface area contributed by atoms with Gasteiger partial charge in [0, 0.05) is 11.1 Å². The second kappa shape index (κ2) is 4.43. The molecule has 0 saturated heterocycles. The van der Waals surface area contributed by atoms with Crippen LogP contribution in [0.2, 0.25) is 4.47 Å². The van der Waals surface area contributed by atoms with Gasteiger partial charge in [0.05, 0.1) is 17.8 Å². The molecule has 19 heavy (non-hydrogen) atoms. The highest BCUT2D eigenvalue weighted by Gasteiger charge is 2.35. The van der Waals surface area contributed by atoms with Crippen LogP contribution < -0.4 is 4.90 Å². The minimum absolute atomic E-state index is 0.324. The average molecular weight is 293 g/mol. The molecule has 0 radical (unpaired) electrons. The van der Waals surface area contributed by atoms with Crippen LogP contribution in [0.25, 0.3) is 0 Å². The summed E-state index contributed by atoms with van der Waals surface area (Å²) in [4.78, 5) is 30.2. The fourth-order valence-corrected chi connectivity index (χ4v) is 3.05. The normalized spacial score (nSPS) is 14.1. The molecule has 1 aliphatic heterocycles. The molecule has 3 rings (SSSR count). The van der Waals surface area contributed by atoms with Crippen molar-refractivity contribution in [3.05, 3.63) is 44.9 Å². The smallest absolute Gasteiger partial charge is 0.299 e. The van der Waals surface area contributed by atoms with E-state index in [1.54, 1.807) is 18.3 Å². The largest absolute Gasteiger partial charge is 0.299 e. The number of nitrogens with zero attached hydrogens (tertiary/aromatic N) is 2. The molecule has 0 aliphatic carbocycles. The number of carbonyl (C=O) groups excluding carboxylic acids is 2. The number of thiazole rings is 1. The Bertz CT molecular complexity index is 696. The Hall–Kier alpha value is -1.72. The Morgan fingerprint density at radius 2 is 2.16 bits per heavy atom. The molecular formula is C13H9ClN2O2S. The van der Waals surface area contributed by atoms with E-state index in [0.717, 1.165) is 10.4 Å². The molecule has 2 heterocycles. The topological polar surface area (TPSA) is 50.3 Å². The molecule has 0 spiro atoms. The Morgan fingerprint density at radius 1 is 1.37 bits per heavy atom. The minimum atomic E-state index is -0.495.